The normalized spacial score (nSPS) is 9.47. The number of carbonyl (C=O) groups excluding carboxylic acids is 1. The van der Waals surface area contributed by atoms with Gasteiger partial charge in [-0.2, -0.15) is 0 Å². The number of benzene rings is 1. The molecule has 4 heteroatoms. The van der Waals surface area contributed by atoms with Crippen molar-refractivity contribution in [1.82, 2.24) is 0 Å². The summed E-state index contributed by atoms with van der Waals surface area (Å²) in [4.78, 5) is 11.2. The molecule has 0 spiro atoms. The fraction of sp³-hybridized carbons (Fsp3) is 0.182. The van der Waals surface area contributed by atoms with Crippen LogP contribution in [0.5, 0.6) is 5.75 Å². The van der Waals surface area contributed by atoms with E-state index in [0.29, 0.717) is 17.9 Å². The minimum absolute atomic E-state index is 0.383. The van der Waals surface area contributed by atoms with Crippen LogP contribution in [0, 0.1) is 0 Å². The summed E-state index contributed by atoms with van der Waals surface area (Å²) in [7, 11) is 1.34. The standard InChI is InChI=1S/C11H11BrO3/c1-3-6-15-10-7-8(11(13)14-2)4-5-9(10)12/h3-5,7H,1,6H2,2H3. The Hall–Kier alpha value is -1.29. The van der Waals surface area contributed by atoms with Gasteiger partial charge in [0.15, 0.2) is 0 Å². The van der Waals surface area contributed by atoms with Crippen molar-refractivity contribution in [2.24, 2.45) is 0 Å². The van der Waals surface area contributed by atoms with Crippen molar-refractivity contribution in [2.75, 3.05) is 13.7 Å². The van der Waals surface area contributed by atoms with Crippen molar-refractivity contribution < 1.29 is 14.3 Å². The summed E-state index contributed by atoms with van der Waals surface area (Å²) in [6.45, 7) is 3.94. The average molecular weight is 271 g/mol. The van der Waals surface area contributed by atoms with E-state index in [0.717, 1.165) is 4.47 Å². The van der Waals surface area contributed by atoms with E-state index < -0.39 is 0 Å². The third-order valence-corrected chi connectivity index (χ3v) is 2.36. The number of hydrogen-bond acceptors (Lipinski definition) is 3. The molecule has 1 rings (SSSR count). The molecule has 0 saturated carbocycles. The summed E-state index contributed by atoms with van der Waals surface area (Å²) in [5.41, 5.74) is 0.458. The maximum absolute atomic E-state index is 11.2. The van der Waals surface area contributed by atoms with Crippen molar-refractivity contribution in [3.05, 3.63) is 40.9 Å². The Bertz CT molecular complexity index is 374. The van der Waals surface area contributed by atoms with E-state index in [9.17, 15) is 4.79 Å². The van der Waals surface area contributed by atoms with Gasteiger partial charge in [-0.05, 0) is 34.1 Å². The van der Waals surface area contributed by atoms with Crippen LogP contribution in [-0.2, 0) is 4.74 Å². The zero-order valence-corrected chi connectivity index (χ0v) is 9.91. The smallest absolute Gasteiger partial charge is 0.337 e. The van der Waals surface area contributed by atoms with Gasteiger partial charge in [0.1, 0.15) is 12.4 Å². The largest absolute Gasteiger partial charge is 0.488 e. The monoisotopic (exact) mass is 270 g/mol. The first kappa shape index (κ1) is 11.8. The SMILES string of the molecule is C=CCOc1cc(C(=O)OC)ccc1Br. The van der Waals surface area contributed by atoms with Crippen LogP contribution >= 0.6 is 15.9 Å². The first-order valence-electron chi connectivity index (χ1n) is 4.30. The van der Waals surface area contributed by atoms with Crippen LogP contribution in [0.15, 0.2) is 35.3 Å². The predicted octanol–water partition coefficient (Wildman–Crippen LogP) is 2.80. The van der Waals surface area contributed by atoms with Crippen LogP contribution in [0.2, 0.25) is 0 Å². The number of hydrogen-bond donors (Lipinski definition) is 0. The molecule has 15 heavy (non-hydrogen) atoms. The highest BCUT2D eigenvalue weighted by Gasteiger charge is 2.08. The Morgan fingerprint density at radius 1 is 1.60 bits per heavy atom. The zero-order valence-electron chi connectivity index (χ0n) is 8.33. The van der Waals surface area contributed by atoms with E-state index >= 15 is 0 Å². The fourth-order valence-corrected chi connectivity index (χ4v) is 1.37. The molecule has 0 aliphatic rings. The maximum atomic E-state index is 11.2. The second-order valence-corrected chi connectivity index (χ2v) is 3.59. The summed E-state index contributed by atoms with van der Waals surface area (Å²) >= 11 is 3.32. The molecule has 0 bridgehead atoms. The van der Waals surface area contributed by atoms with Gasteiger partial charge in [0.25, 0.3) is 0 Å². The quantitative estimate of drug-likeness (QED) is 0.624. The van der Waals surface area contributed by atoms with Crippen molar-refractivity contribution in [3.8, 4) is 5.75 Å². The Morgan fingerprint density at radius 2 is 2.33 bits per heavy atom. The van der Waals surface area contributed by atoms with Crippen LogP contribution in [-0.4, -0.2) is 19.7 Å². The lowest BCUT2D eigenvalue weighted by atomic mass is 10.2. The zero-order chi connectivity index (χ0) is 11.3. The summed E-state index contributed by atoms with van der Waals surface area (Å²) in [6.07, 6.45) is 1.64. The van der Waals surface area contributed by atoms with Crippen LogP contribution in [0.3, 0.4) is 0 Å². The van der Waals surface area contributed by atoms with Gasteiger partial charge in [-0.25, -0.2) is 4.79 Å². The molecule has 0 heterocycles. The van der Waals surface area contributed by atoms with Gasteiger partial charge in [0.05, 0.1) is 17.1 Å². The highest BCUT2D eigenvalue weighted by atomic mass is 79.9. The molecule has 0 aliphatic carbocycles. The molecule has 0 fully saturated rings. The van der Waals surface area contributed by atoms with Crippen LogP contribution in [0.1, 0.15) is 10.4 Å². The predicted molar refractivity (Wildman–Crippen MR) is 61.2 cm³/mol. The van der Waals surface area contributed by atoms with Gasteiger partial charge in [0.2, 0.25) is 0 Å². The number of ether oxygens (including phenoxy) is 2. The van der Waals surface area contributed by atoms with E-state index in [1.165, 1.54) is 7.11 Å². The average Bonchev–Trinajstić information content (AvgIpc) is 2.27. The van der Waals surface area contributed by atoms with Gasteiger partial charge in [-0.3, -0.25) is 0 Å². The Balaban J connectivity index is 2.94. The second kappa shape index (κ2) is 5.56. The summed E-state index contributed by atoms with van der Waals surface area (Å²) in [5, 5.41) is 0. The molecule has 0 atom stereocenters. The fourth-order valence-electron chi connectivity index (χ4n) is 1.01. The molecule has 1 aromatic rings. The summed E-state index contributed by atoms with van der Waals surface area (Å²) < 4.78 is 10.7. The third-order valence-electron chi connectivity index (χ3n) is 1.71. The molecule has 3 nitrogen and oxygen atoms in total. The number of methoxy groups -OCH3 is 1. The number of halogens is 1. The topological polar surface area (TPSA) is 35.5 Å². The van der Waals surface area contributed by atoms with Gasteiger partial charge in [-0.1, -0.05) is 12.7 Å². The van der Waals surface area contributed by atoms with Crippen LogP contribution < -0.4 is 4.74 Å². The lowest BCUT2D eigenvalue weighted by Gasteiger charge is -2.07. The van der Waals surface area contributed by atoms with Gasteiger partial charge < -0.3 is 9.47 Å². The van der Waals surface area contributed by atoms with Gasteiger partial charge in [0, 0.05) is 0 Å². The van der Waals surface area contributed by atoms with Crippen molar-refractivity contribution in [3.63, 3.8) is 0 Å². The van der Waals surface area contributed by atoms with Crippen LogP contribution in [0.4, 0.5) is 0 Å². The van der Waals surface area contributed by atoms with Crippen molar-refractivity contribution in [1.29, 1.82) is 0 Å². The lowest BCUT2D eigenvalue weighted by Crippen LogP contribution is -2.02. The molecule has 0 aliphatic heterocycles. The minimum atomic E-state index is -0.383. The molecule has 0 unspecified atom stereocenters. The van der Waals surface area contributed by atoms with Gasteiger partial charge >= 0.3 is 5.97 Å². The summed E-state index contributed by atoms with van der Waals surface area (Å²) in [6, 6.07) is 5.03. The Morgan fingerprint density at radius 3 is 2.93 bits per heavy atom. The lowest BCUT2D eigenvalue weighted by molar-refractivity contribution is 0.0600. The molecule has 0 saturated heterocycles. The molecule has 0 radical (unpaired) electrons. The van der Waals surface area contributed by atoms with Crippen LogP contribution in [0.25, 0.3) is 0 Å². The Kier molecular flexibility index (Phi) is 4.37. The van der Waals surface area contributed by atoms with E-state index in [2.05, 4.69) is 27.2 Å². The molecule has 0 amide bonds. The van der Waals surface area contributed by atoms with Crippen molar-refractivity contribution in [2.45, 2.75) is 0 Å². The number of esters is 1. The Labute approximate surface area is 96.8 Å². The number of carbonyl (C=O) groups is 1. The minimum Gasteiger partial charge on any atom is -0.488 e. The molecule has 0 N–H and O–H groups in total. The number of rotatable bonds is 4. The molecular formula is C11H11BrO3. The summed E-state index contributed by atoms with van der Waals surface area (Å²) in [5.74, 6) is 0.212. The second-order valence-electron chi connectivity index (χ2n) is 2.74. The first-order valence-corrected chi connectivity index (χ1v) is 5.10. The van der Waals surface area contributed by atoms with E-state index in [4.69, 9.17) is 4.74 Å². The highest BCUT2D eigenvalue weighted by molar-refractivity contribution is 9.10. The first-order chi connectivity index (χ1) is 7.19. The highest BCUT2D eigenvalue weighted by Crippen LogP contribution is 2.26. The van der Waals surface area contributed by atoms with E-state index in [-0.39, 0.29) is 5.97 Å². The third kappa shape index (κ3) is 3.09. The van der Waals surface area contributed by atoms with E-state index in [1.54, 1.807) is 24.3 Å². The van der Waals surface area contributed by atoms with Gasteiger partial charge in [-0.15, -0.1) is 0 Å². The van der Waals surface area contributed by atoms with Crippen molar-refractivity contribution >= 4 is 21.9 Å². The molecule has 80 valence electrons. The molecular weight excluding hydrogens is 260 g/mol. The maximum Gasteiger partial charge on any atom is 0.337 e. The van der Waals surface area contributed by atoms with E-state index in [1.807, 2.05) is 0 Å². The molecule has 1 aromatic carbocycles. The molecule has 0 aromatic heterocycles.